The number of hydrogen-bond acceptors (Lipinski definition) is 5. The summed E-state index contributed by atoms with van der Waals surface area (Å²) < 4.78 is 11.6. The van der Waals surface area contributed by atoms with Crippen molar-refractivity contribution in [2.45, 2.75) is 50.7 Å². The van der Waals surface area contributed by atoms with E-state index < -0.39 is 23.7 Å². The second kappa shape index (κ2) is 8.98. The summed E-state index contributed by atoms with van der Waals surface area (Å²) in [6.45, 7) is 3.72. The first-order valence-corrected chi connectivity index (χ1v) is 10.5. The molecule has 2 saturated heterocycles. The fraction of sp³-hybridized carbons (Fsp3) is 0.417. The van der Waals surface area contributed by atoms with Crippen molar-refractivity contribution >= 4 is 11.9 Å². The van der Waals surface area contributed by atoms with Crippen molar-refractivity contribution in [2.24, 2.45) is 0 Å². The summed E-state index contributed by atoms with van der Waals surface area (Å²) >= 11 is 0. The van der Waals surface area contributed by atoms with Gasteiger partial charge in [-0.25, -0.2) is 4.79 Å². The number of rotatable bonds is 8. The van der Waals surface area contributed by atoms with Crippen LogP contribution in [0.4, 0.5) is 0 Å². The van der Waals surface area contributed by atoms with Gasteiger partial charge in [0.05, 0.1) is 12.7 Å². The zero-order valence-electron chi connectivity index (χ0n) is 17.3. The number of nitrogens with one attached hydrogen (secondary N) is 1. The summed E-state index contributed by atoms with van der Waals surface area (Å²) in [7, 11) is 0. The summed E-state index contributed by atoms with van der Waals surface area (Å²) in [5, 5.41) is 3.31. The number of esters is 1. The number of β-lactam (4-membered cyclic amide) rings is 1. The van der Waals surface area contributed by atoms with Crippen LogP contribution in [-0.2, 0) is 32.3 Å². The Labute approximate surface area is 177 Å². The molecule has 158 valence electrons. The average molecular weight is 408 g/mol. The van der Waals surface area contributed by atoms with E-state index in [9.17, 15) is 9.59 Å². The largest absolute Gasteiger partial charge is 0.459 e. The zero-order chi connectivity index (χ0) is 21.0. The molecule has 2 heterocycles. The number of ether oxygens (including phenoxy) is 2. The molecule has 1 N–H and O–H groups in total. The van der Waals surface area contributed by atoms with Crippen LogP contribution in [0.2, 0.25) is 0 Å². The maximum absolute atomic E-state index is 13.0. The van der Waals surface area contributed by atoms with Crippen LogP contribution in [0.3, 0.4) is 0 Å². The van der Waals surface area contributed by atoms with E-state index in [0.29, 0.717) is 13.2 Å². The van der Waals surface area contributed by atoms with E-state index in [1.165, 1.54) is 0 Å². The molecule has 30 heavy (non-hydrogen) atoms. The predicted molar refractivity (Wildman–Crippen MR) is 112 cm³/mol. The summed E-state index contributed by atoms with van der Waals surface area (Å²) in [6.07, 6.45) is 1.30. The number of nitrogens with zero attached hydrogens (tertiary/aromatic N) is 1. The lowest BCUT2D eigenvalue weighted by Gasteiger charge is -2.50. The second-order valence-electron chi connectivity index (χ2n) is 8.09. The van der Waals surface area contributed by atoms with Crippen molar-refractivity contribution < 1.29 is 19.1 Å². The van der Waals surface area contributed by atoms with Crippen molar-refractivity contribution in [1.82, 2.24) is 10.2 Å². The van der Waals surface area contributed by atoms with E-state index in [1.54, 1.807) is 4.90 Å². The molecular formula is C24H28N2O4. The van der Waals surface area contributed by atoms with Gasteiger partial charge in [-0.15, -0.1) is 0 Å². The Morgan fingerprint density at radius 1 is 1.07 bits per heavy atom. The minimum absolute atomic E-state index is 0.0307. The summed E-state index contributed by atoms with van der Waals surface area (Å²) in [5.41, 5.74) is 1.42. The van der Waals surface area contributed by atoms with E-state index in [1.807, 2.05) is 67.6 Å². The third-order valence-electron chi connectivity index (χ3n) is 5.96. The standard InChI is InChI=1S/C24H28N2O4/c1-18(29-15-19-9-4-2-5-10-19)21(22(27)30-16-20-11-6-3-7-12-20)26-17-24(23(26)28)13-8-14-25-24/h2-7,9-12,18,21,25H,8,13-17H2,1H3/t18-,21+,24-/m1/s1. The Bertz CT molecular complexity index is 865. The molecule has 3 atom stereocenters. The van der Waals surface area contributed by atoms with Crippen LogP contribution < -0.4 is 5.32 Å². The smallest absolute Gasteiger partial charge is 0.331 e. The van der Waals surface area contributed by atoms with Crippen LogP contribution in [-0.4, -0.2) is 47.6 Å². The Morgan fingerprint density at radius 2 is 1.70 bits per heavy atom. The van der Waals surface area contributed by atoms with Crippen molar-refractivity contribution in [2.75, 3.05) is 13.1 Å². The van der Waals surface area contributed by atoms with Gasteiger partial charge in [-0.05, 0) is 37.4 Å². The molecule has 0 bridgehead atoms. The van der Waals surface area contributed by atoms with Crippen LogP contribution in [0.15, 0.2) is 60.7 Å². The lowest BCUT2D eigenvalue weighted by Crippen LogP contribution is -2.75. The van der Waals surface area contributed by atoms with E-state index in [2.05, 4.69) is 5.32 Å². The molecule has 0 unspecified atom stereocenters. The minimum atomic E-state index is -0.766. The average Bonchev–Trinajstić information content (AvgIpc) is 3.29. The molecule has 0 aromatic heterocycles. The van der Waals surface area contributed by atoms with Crippen molar-refractivity contribution in [3.8, 4) is 0 Å². The van der Waals surface area contributed by atoms with Crippen LogP contribution in [0.25, 0.3) is 0 Å². The molecule has 2 fully saturated rings. The summed E-state index contributed by atoms with van der Waals surface area (Å²) in [4.78, 5) is 27.6. The van der Waals surface area contributed by atoms with Gasteiger partial charge in [-0.1, -0.05) is 60.7 Å². The molecule has 2 aromatic carbocycles. The highest BCUT2D eigenvalue weighted by molar-refractivity contribution is 5.96. The van der Waals surface area contributed by atoms with Gasteiger partial charge in [0.25, 0.3) is 0 Å². The number of carbonyl (C=O) groups is 2. The summed E-state index contributed by atoms with van der Waals surface area (Å²) in [5.74, 6) is -0.461. The maximum atomic E-state index is 13.0. The van der Waals surface area contributed by atoms with Crippen molar-refractivity contribution in [1.29, 1.82) is 0 Å². The molecule has 4 rings (SSSR count). The van der Waals surface area contributed by atoms with E-state index in [-0.39, 0.29) is 12.5 Å². The molecule has 6 nitrogen and oxygen atoms in total. The molecule has 2 aliphatic rings. The quantitative estimate of drug-likeness (QED) is 0.537. The van der Waals surface area contributed by atoms with Gasteiger partial charge in [-0.3, -0.25) is 4.79 Å². The van der Waals surface area contributed by atoms with E-state index in [0.717, 1.165) is 30.5 Å². The highest BCUT2D eigenvalue weighted by Gasteiger charge is 2.57. The zero-order valence-corrected chi connectivity index (χ0v) is 17.3. The third kappa shape index (κ3) is 4.25. The molecular weight excluding hydrogens is 380 g/mol. The van der Waals surface area contributed by atoms with Crippen LogP contribution in [0.1, 0.15) is 30.9 Å². The van der Waals surface area contributed by atoms with Gasteiger partial charge in [0.1, 0.15) is 12.1 Å². The Balaban J connectivity index is 1.44. The second-order valence-corrected chi connectivity index (χ2v) is 8.09. The Hall–Kier alpha value is -2.70. The van der Waals surface area contributed by atoms with Crippen molar-refractivity contribution in [3.63, 3.8) is 0 Å². The molecule has 0 aliphatic carbocycles. The predicted octanol–water partition coefficient (Wildman–Crippen LogP) is 2.67. The van der Waals surface area contributed by atoms with E-state index in [4.69, 9.17) is 9.47 Å². The molecule has 2 aromatic rings. The third-order valence-corrected chi connectivity index (χ3v) is 5.96. The first-order chi connectivity index (χ1) is 14.6. The molecule has 6 heteroatoms. The first kappa shape index (κ1) is 20.6. The van der Waals surface area contributed by atoms with Gasteiger partial charge < -0.3 is 19.7 Å². The summed E-state index contributed by atoms with van der Waals surface area (Å²) in [6, 6.07) is 18.6. The lowest BCUT2D eigenvalue weighted by atomic mass is 9.84. The Morgan fingerprint density at radius 3 is 2.27 bits per heavy atom. The van der Waals surface area contributed by atoms with Gasteiger partial charge in [-0.2, -0.15) is 0 Å². The molecule has 0 radical (unpaired) electrons. The topological polar surface area (TPSA) is 67.9 Å². The maximum Gasteiger partial charge on any atom is 0.331 e. The highest BCUT2D eigenvalue weighted by atomic mass is 16.5. The van der Waals surface area contributed by atoms with Crippen LogP contribution >= 0.6 is 0 Å². The van der Waals surface area contributed by atoms with Gasteiger partial charge >= 0.3 is 5.97 Å². The number of likely N-dealkylation sites (tertiary alicyclic amines) is 1. The van der Waals surface area contributed by atoms with Crippen LogP contribution in [0, 0.1) is 0 Å². The molecule has 0 saturated carbocycles. The highest BCUT2D eigenvalue weighted by Crippen LogP contribution is 2.34. The van der Waals surface area contributed by atoms with Crippen LogP contribution in [0.5, 0.6) is 0 Å². The Kier molecular flexibility index (Phi) is 6.16. The normalized spacial score (nSPS) is 22.6. The number of amides is 1. The lowest BCUT2D eigenvalue weighted by molar-refractivity contribution is -0.176. The molecule has 1 spiro atoms. The monoisotopic (exact) mass is 408 g/mol. The number of hydrogen-bond donors (Lipinski definition) is 1. The first-order valence-electron chi connectivity index (χ1n) is 10.5. The minimum Gasteiger partial charge on any atom is -0.459 e. The van der Waals surface area contributed by atoms with Crippen molar-refractivity contribution in [3.05, 3.63) is 71.8 Å². The van der Waals surface area contributed by atoms with Gasteiger partial charge in [0, 0.05) is 6.54 Å². The number of benzene rings is 2. The number of carbonyl (C=O) groups excluding carboxylic acids is 2. The van der Waals surface area contributed by atoms with E-state index >= 15 is 0 Å². The van der Waals surface area contributed by atoms with Gasteiger partial charge in [0.2, 0.25) is 5.91 Å². The molecule has 1 amide bonds. The fourth-order valence-electron chi connectivity index (χ4n) is 4.24. The SMILES string of the molecule is C[C@@H](OCc1ccccc1)[C@@H](C(=O)OCc1ccccc1)N1C[C@]2(CCCN2)C1=O. The fourth-order valence-corrected chi connectivity index (χ4v) is 4.24. The van der Waals surface area contributed by atoms with Gasteiger partial charge in [0.15, 0.2) is 6.04 Å². The molecule has 2 aliphatic heterocycles.